The predicted octanol–water partition coefficient (Wildman–Crippen LogP) is 7.12. The number of carbonyl (C=O) groups is 1. The van der Waals surface area contributed by atoms with Gasteiger partial charge in [0, 0.05) is 12.0 Å². The monoisotopic (exact) mass is 516 g/mol. The second kappa shape index (κ2) is 9.93. The van der Waals surface area contributed by atoms with Crippen LogP contribution < -0.4 is 9.47 Å². The summed E-state index contributed by atoms with van der Waals surface area (Å²) in [5.74, 6) is 0.491. The second-order valence-electron chi connectivity index (χ2n) is 9.78. The minimum absolute atomic E-state index is 0.0595. The number of carboxylic acid groups (broad SMARTS) is 1. The number of carboxylic acids is 1. The first-order valence-corrected chi connectivity index (χ1v) is 13.0. The highest BCUT2D eigenvalue weighted by Crippen LogP contribution is 2.44. The molecular formula is C34H28O5. The Morgan fingerprint density at radius 3 is 1.90 bits per heavy atom. The van der Waals surface area contributed by atoms with Crippen LogP contribution >= 0.6 is 0 Å². The lowest BCUT2D eigenvalue weighted by Gasteiger charge is -2.32. The maximum atomic E-state index is 12.7. The van der Waals surface area contributed by atoms with Crippen LogP contribution in [0, 0.1) is 0 Å². The van der Waals surface area contributed by atoms with Crippen molar-refractivity contribution in [2.45, 2.75) is 18.4 Å². The van der Waals surface area contributed by atoms with Crippen LogP contribution in [0.25, 0.3) is 32.3 Å². The Balaban J connectivity index is 1.51. The lowest BCUT2D eigenvalue weighted by molar-refractivity contribution is -0.137. The Morgan fingerprint density at radius 1 is 0.718 bits per heavy atom. The normalized spacial score (nSPS) is 13.1. The van der Waals surface area contributed by atoms with Crippen molar-refractivity contribution in [1.29, 1.82) is 0 Å². The molecule has 0 bridgehead atoms. The number of benzene rings is 6. The third-order valence-electron chi connectivity index (χ3n) is 7.50. The molecule has 5 heteroatoms. The van der Waals surface area contributed by atoms with Gasteiger partial charge in [-0.25, -0.2) is 0 Å². The van der Waals surface area contributed by atoms with Crippen molar-refractivity contribution in [3.8, 4) is 11.5 Å². The highest BCUT2D eigenvalue weighted by Gasteiger charge is 2.36. The van der Waals surface area contributed by atoms with E-state index < -0.39 is 11.6 Å². The molecule has 0 aromatic heterocycles. The number of aliphatic hydroxyl groups is 1. The van der Waals surface area contributed by atoms with Crippen LogP contribution in [0.2, 0.25) is 0 Å². The standard InChI is InChI=1S/C34H28O5/c1-38-27-15-11-25(12-16-27)34(37,26-13-17-28(18-14-26)39-21-3-6-31(35)36)30-20-10-24-8-7-22-4-2-5-23-9-19-29(30)33(24)32(22)23/h2,4-5,7-20,37H,3,6,21H2,1H3,(H,35,36). The van der Waals surface area contributed by atoms with Gasteiger partial charge in [-0.05, 0) is 74.1 Å². The smallest absolute Gasteiger partial charge is 0.303 e. The van der Waals surface area contributed by atoms with Gasteiger partial charge in [-0.3, -0.25) is 4.79 Å². The molecule has 0 heterocycles. The zero-order chi connectivity index (χ0) is 27.0. The minimum atomic E-state index is -1.46. The van der Waals surface area contributed by atoms with Gasteiger partial charge in [-0.2, -0.15) is 0 Å². The quantitative estimate of drug-likeness (QED) is 0.122. The van der Waals surface area contributed by atoms with Crippen molar-refractivity contribution < 1.29 is 24.5 Å². The van der Waals surface area contributed by atoms with Crippen LogP contribution in [0.3, 0.4) is 0 Å². The summed E-state index contributed by atoms with van der Waals surface area (Å²) in [7, 11) is 1.62. The molecular weight excluding hydrogens is 488 g/mol. The van der Waals surface area contributed by atoms with E-state index in [0.717, 1.165) is 21.7 Å². The maximum Gasteiger partial charge on any atom is 0.303 e. The molecule has 0 amide bonds. The van der Waals surface area contributed by atoms with Gasteiger partial charge in [0.15, 0.2) is 0 Å². The molecule has 5 nitrogen and oxygen atoms in total. The van der Waals surface area contributed by atoms with Crippen molar-refractivity contribution in [1.82, 2.24) is 0 Å². The van der Waals surface area contributed by atoms with Crippen LogP contribution in [0.4, 0.5) is 0 Å². The first-order chi connectivity index (χ1) is 19.0. The minimum Gasteiger partial charge on any atom is -0.497 e. The molecule has 0 fully saturated rings. The summed E-state index contributed by atoms with van der Waals surface area (Å²) < 4.78 is 11.1. The van der Waals surface area contributed by atoms with Crippen molar-refractivity contribution >= 4 is 38.3 Å². The molecule has 0 radical (unpaired) electrons. The summed E-state index contributed by atoms with van der Waals surface area (Å²) in [5.41, 5.74) is 0.735. The zero-order valence-electron chi connectivity index (χ0n) is 21.6. The molecule has 39 heavy (non-hydrogen) atoms. The highest BCUT2D eigenvalue weighted by molar-refractivity contribution is 6.23. The predicted molar refractivity (Wildman–Crippen MR) is 154 cm³/mol. The van der Waals surface area contributed by atoms with Crippen LogP contribution in [0.5, 0.6) is 11.5 Å². The van der Waals surface area contributed by atoms with Crippen LogP contribution in [0.1, 0.15) is 29.5 Å². The number of methoxy groups -OCH3 is 1. The molecule has 0 aliphatic carbocycles. The zero-order valence-corrected chi connectivity index (χ0v) is 21.6. The van der Waals surface area contributed by atoms with Crippen LogP contribution in [-0.2, 0) is 10.4 Å². The highest BCUT2D eigenvalue weighted by atomic mass is 16.5. The van der Waals surface area contributed by atoms with E-state index in [0.29, 0.717) is 35.7 Å². The fourth-order valence-corrected chi connectivity index (χ4v) is 5.57. The summed E-state index contributed by atoms with van der Waals surface area (Å²) >= 11 is 0. The molecule has 0 aliphatic heterocycles. The number of hydrogen-bond acceptors (Lipinski definition) is 4. The van der Waals surface area contributed by atoms with E-state index in [1.165, 1.54) is 16.2 Å². The topological polar surface area (TPSA) is 76.0 Å². The summed E-state index contributed by atoms with van der Waals surface area (Å²) in [5, 5.41) is 28.4. The summed E-state index contributed by atoms with van der Waals surface area (Å²) in [6.45, 7) is 0.309. The molecule has 6 aromatic carbocycles. The number of aliphatic carboxylic acids is 1. The van der Waals surface area contributed by atoms with E-state index in [4.69, 9.17) is 14.6 Å². The Hall–Kier alpha value is -4.61. The van der Waals surface area contributed by atoms with Gasteiger partial charge in [-0.15, -0.1) is 0 Å². The molecule has 2 N–H and O–H groups in total. The Kier molecular flexibility index (Phi) is 6.29. The van der Waals surface area contributed by atoms with E-state index in [1.54, 1.807) is 7.11 Å². The lowest BCUT2D eigenvalue weighted by atomic mass is 9.77. The van der Waals surface area contributed by atoms with Gasteiger partial charge in [0.2, 0.25) is 0 Å². The van der Waals surface area contributed by atoms with Crippen molar-refractivity contribution in [3.05, 3.63) is 120 Å². The molecule has 0 spiro atoms. The second-order valence-corrected chi connectivity index (χ2v) is 9.78. The van der Waals surface area contributed by atoms with E-state index >= 15 is 0 Å². The summed E-state index contributed by atoms with van der Waals surface area (Å²) in [4.78, 5) is 10.8. The van der Waals surface area contributed by atoms with E-state index in [-0.39, 0.29) is 6.42 Å². The first kappa shape index (κ1) is 24.7. The average molecular weight is 517 g/mol. The van der Waals surface area contributed by atoms with Gasteiger partial charge < -0.3 is 19.7 Å². The first-order valence-electron chi connectivity index (χ1n) is 13.0. The number of rotatable bonds is 9. The fourth-order valence-electron chi connectivity index (χ4n) is 5.57. The maximum absolute atomic E-state index is 12.7. The molecule has 0 saturated carbocycles. The van der Waals surface area contributed by atoms with Crippen molar-refractivity contribution in [2.24, 2.45) is 0 Å². The third-order valence-corrected chi connectivity index (χ3v) is 7.50. The Morgan fingerprint density at radius 2 is 1.28 bits per heavy atom. The van der Waals surface area contributed by atoms with Gasteiger partial charge >= 0.3 is 5.97 Å². The van der Waals surface area contributed by atoms with Gasteiger partial charge in [-0.1, -0.05) is 78.9 Å². The molecule has 6 rings (SSSR count). The largest absolute Gasteiger partial charge is 0.497 e. The van der Waals surface area contributed by atoms with E-state index in [2.05, 4.69) is 48.5 Å². The summed E-state index contributed by atoms with van der Waals surface area (Å²) in [6, 6.07) is 33.8. The van der Waals surface area contributed by atoms with Gasteiger partial charge in [0.25, 0.3) is 0 Å². The molecule has 0 aliphatic rings. The molecule has 6 aromatic rings. The van der Waals surface area contributed by atoms with E-state index in [1.807, 2.05) is 54.6 Å². The Bertz CT molecular complexity index is 1760. The fraction of sp³-hybridized carbons (Fsp3) is 0.147. The van der Waals surface area contributed by atoms with E-state index in [9.17, 15) is 9.90 Å². The number of ether oxygens (including phenoxy) is 2. The number of hydrogen-bond donors (Lipinski definition) is 2. The third kappa shape index (κ3) is 4.31. The summed E-state index contributed by atoms with van der Waals surface area (Å²) in [6.07, 6.45) is 0.486. The van der Waals surface area contributed by atoms with Crippen molar-refractivity contribution in [3.63, 3.8) is 0 Å². The average Bonchev–Trinajstić information content (AvgIpc) is 2.98. The molecule has 0 saturated heterocycles. The molecule has 194 valence electrons. The van der Waals surface area contributed by atoms with Gasteiger partial charge in [0.05, 0.1) is 13.7 Å². The molecule has 1 atom stereocenters. The van der Waals surface area contributed by atoms with Crippen LogP contribution in [0.15, 0.2) is 103 Å². The molecule has 1 unspecified atom stereocenters. The SMILES string of the molecule is COc1ccc(C(O)(c2ccc(OCCCC(=O)O)cc2)c2ccc3ccc4cccc5ccc2c3c45)cc1. The lowest BCUT2D eigenvalue weighted by Crippen LogP contribution is -2.29. The van der Waals surface area contributed by atoms with Gasteiger partial charge in [0.1, 0.15) is 17.1 Å². The Labute approximate surface area is 226 Å². The van der Waals surface area contributed by atoms with Crippen LogP contribution in [-0.4, -0.2) is 29.9 Å². The van der Waals surface area contributed by atoms with Crippen molar-refractivity contribution in [2.75, 3.05) is 13.7 Å².